The molecule has 106 valence electrons. The molecule has 2 heterocycles. The van der Waals surface area contributed by atoms with Crippen LogP contribution in [0.1, 0.15) is 33.6 Å². The Labute approximate surface area is 126 Å². The Morgan fingerprint density at radius 3 is 3.14 bits per heavy atom. The lowest BCUT2D eigenvalue weighted by atomic mass is 9.95. The summed E-state index contributed by atoms with van der Waals surface area (Å²) >= 11 is 1.72. The van der Waals surface area contributed by atoms with Crippen molar-refractivity contribution in [3.63, 3.8) is 0 Å². The van der Waals surface area contributed by atoms with Gasteiger partial charge < -0.3 is 5.32 Å². The van der Waals surface area contributed by atoms with Gasteiger partial charge in [-0.2, -0.15) is 5.10 Å². The molecule has 1 aliphatic rings. The van der Waals surface area contributed by atoms with Gasteiger partial charge in [0, 0.05) is 15.6 Å². The Morgan fingerprint density at radius 2 is 2.19 bits per heavy atom. The Bertz CT molecular complexity index is 818. The molecule has 0 radical (unpaired) electrons. The number of para-hydroxylation sites is 1. The normalized spacial score (nSPS) is 14.1. The van der Waals surface area contributed by atoms with Crippen LogP contribution in [0.5, 0.6) is 0 Å². The number of hydrogen-bond donors (Lipinski definition) is 2. The van der Waals surface area contributed by atoms with Crippen LogP contribution in [0.25, 0.3) is 10.9 Å². The van der Waals surface area contributed by atoms with Gasteiger partial charge in [-0.25, -0.2) is 0 Å². The van der Waals surface area contributed by atoms with Crippen molar-refractivity contribution in [2.24, 2.45) is 0 Å². The van der Waals surface area contributed by atoms with E-state index in [1.54, 1.807) is 17.5 Å². The van der Waals surface area contributed by atoms with Crippen LogP contribution in [-0.4, -0.2) is 16.1 Å². The van der Waals surface area contributed by atoms with Crippen LogP contribution >= 0.6 is 11.3 Å². The summed E-state index contributed by atoms with van der Waals surface area (Å²) in [6.45, 7) is 0. The van der Waals surface area contributed by atoms with Gasteiger partial charge in [0.2, 0.25) is 0 Å². The summed E-state index contributed by atoms with van der Waals surface area (Å²) in [6.07, 6.45) is 6.32. The van der Waals surface area contributed by atoms with Crippen molar-refractivity contribution in [2.45, 2.75) is 25.7 Å². The number of aryl methyl sites for hydroxylation is 1. The largest absolute Gasteiger partial charge is 0.320 e. The average Bonchev–Trinajstić information content (AvgIpc) is 3.14. The second-order valence-electron chi connectivity index (χ2n) is 5.35. The number of aromatic nitrogens is 2. The van der Waals surface area contributed by atoms with Gasteiger partial charge in [-0.3, -0.25) is 9.89 Å². The Hall–Kier alpha value is -2.14. The second-order valence-corrected chi connectivity index (χ2v) is 6.32. The highest BCUT2D eigenvalue weighted by molar-refractivity contribution is 7.10. The summed E-state index contributed by atoms with van der Waals surface area (Å²) in [6, 6.07) is 5.80. The van der Waals surface area contributed by atoms with Crippen LogP contribution in [0.4, 0.5) is 5.69 Å². The first-order valence-corrected chi connectivity index (χ1v) is 8.03. The van der Waals surface area contributed by atoms with E-state index in [0.29, 0.717) is 0 Å². The van der Waals surface area contributed by atoms with Crippen molar-refractivity contribution in [2.75, 3.05) is 5.32 Å². The summed E-state index contributed by atoms with van der Waals surface area (Å²) in [5.41, 5.74) is 3.74. The highest BCUT2D eigenvalue weighted by Gasteiger charge is 2.20. The third kappa shape index (κ3) is 2.14. The summed E-state index contributed by atoms with van der Waals surface area (Å²) < 4.78 is 0. The van der Waals surface area contributed by atoms with Crippen LogP contribution in [0.3, 0.4) is 0 Å². The number of benzene rings is 1. The molecule has 0 aliphatic heterocycles. The number of hydrogen-bond acceptors (Lipinski definition) is 3. The lowest BCUT2D eigenvalue weighted by Crippen LogP contribution is -2.14. The van der Waals surface area contributed by atoms with Gasteiger partial charge in [-0.05, 0) is 37.3 Å². The molecular weight excluding hydrogens is 282 g/mol. The number of nitrogens with one attached hydrogen (secondary N) is 2. The van der Waals surface area contributed by atoms with Gasteiger partial charge in [0.15, 0.2) is 0 Å². The van der Waals surface area contributed by atoms with E-state index < -0.39 is 0 Å². The molecule has 0 saturated heterocycles. The first-order valence-electron chi connectivity index (χ1n) is 7.15. The molecule has 3 aromatic rings. The second kappa shape index (κ2) is 5.00. The molecule has 4 rings (SSSR count). The fraction of sp³-hybridized carbons (Fsp3) is 0.250. The number of anilines is 1. The molecule has 0 saturated carbocycles. The van der Waals surface area contributed by atoms with Crippen molar-refractivity contribution in [1.82, 2.24) is 10.2 Å². The van der Waals surface area contributed by atoms with Crippen LogP contribution in [0.2, 0.25) is 0 Å². The predicted molar refractivity (Wildman–Crippen MR) is 85.0 cm³/mol. The van der Waals surface area contributed by atoms with Crippen molar-refractivity contribution >= 4 is 33.8 Å². The molecule has 0 spiro atoms. The Balaban J connectivity index is 1.67. The van der Waals surface area contributed by atoms with Gasteiger partial charge in [0.25, 0.3) is 5.91 Å². The van der Waals surface area contributed by atoms with Crippen molar-refractivity contribution in [3.05, 3.63) is 45.8 Å². The maximum Gasteiger partial charge on any atom is 0.256 e. The molecule has 2 aromatic heterocycles. The summed E-state index contributed by atoms with van der Waals surface area (Å²) in [4.78, 5) is 14.0. The third-order valence-corrected chi connectivity index (χ3v) is 5.12. The molecule has 21 heavy (non-hydrogen) atoms. The standard InChI is InChI=1S/C16H15N3OS/c20-16(12-9-21-14-7-2-1-5-11(12)14)18-13-6-3-4-10-8-17-19-15(10)13/h3-4,6,8-9H,1-2,5,7H2,(H,17,19)(H,18,20). The smallest absolute Gasteiger partial charge is 0.256 e. The van der Waals surface area contributed by atoms with Crippen LogP contribution in [0, 0.1) is 0 Å². The molecule has 5 heteroatoms. The minimum absolute atomic E-state index is 0.0171. The number of thiophene rings is 1. The number of rotatable bonds is 2. The first-order chi connectivity index (χ1) is 10.3. The predicted octanol–water partition coefficient (Wildman–Crippen LogP) is 3.76. The molecule has 1 aromatic carbocycles. The topological polar surface area (TPSA) is 57.8 Å². The Kier molecular flexibility index (Phi) is 3.00. The highest BCUT2D eigenvalue weighted by atomic mass is 32.1. The Morgan fingerprint density at radius 1 is 1.29 bits per heavy atom. The average molecular weight is 297 g/mol. The fourth-order valence-corrected chi connectivity index (χ4v) is 4.07. The molecular formula is C16H15N3OS. The van der Waals surface area contributed by atoms with E-state index in [4.69, 9.17) is 0 Å². The van der Waals surface area contributed by atoms with Crippen LogP contribution < -0.4 is 5.32 Å². The molecule has 1 aliphatic carbocycles. The zero-order valence-electron chi connectivity index (χ0n) is 11.5. The molecule has 2 N–H and O–H groups in total. The monoisotopic (exact) mass is 297 g/mol. The molecule has 0 fully saturated rings. The highest BCUT2D eigenvalue weighted by Crippen LogP contribution is 2.31. The summed E-state index contributed by atoms with van der Waals surface area (Å²) in [5, 5.41) is 13.0. The number of carbonyl (C=O) groups excluding carboxylic acids is 1. The minimum atomic E-state index is -0.0171. The number of carbonyl (C=O) groups is 1. The van der Waals surface area contributed by atoms with Crippen LogP contribution in [0.15, 0.2) is 29.8 Å². The lowest BCUT2D eigenvalue weighted by molar-refractivity contribution is 0.102. The first kappa shape index (κ1) is 12.6. The zero-order chi connectivity index (χ0) is 14.2. The number of nitrogens with zero attached hydrogens (tertiary/aromatic N) is 1. The van der Waals surface area contributed by atoms with Gasteiger partial charge in [-0.15, -0.1) is 11.3 Å². The van der Waals surface area contributed by atoms with E-state index in [1.807, 2.05) is 23.6 Å². The van der Waals surface area contributed by atoms with E-state index in [1.165, 1.54) is 23.3 Å². The fourth-order valence-electron chi connectivity index (χ4n) is 2.95. The van der Waals surface area contributed by atoms with E-state index in [2.05, 4.69) is 15.5 Å². The van der Waals surface area contributed by atoms with Gasteiger partial charge in [-0.1, -0.05) is 12.1 Å². The number of H-pyrrole nitrogens is 1. The van der Waals surface area contributed by atoms with E-state index in [0.717, 1.165) is 35.0 Å². The molecule has 0 unspecified atom stereocenters. The maximum atomic E-state index is 12.6. The van der Waals surface area contributed by atoms with E-state index in [-0.39, 0.29) is 5.91 Å². The van der Waals surface area contributed by atoms with E-state index in [9.17, 15) is 4.79 Å². The maximum absolute atomic E-state index is 12.6. The van der Waals surface area contributed by atoms with Crippen molar-refractivity contribution < 1.29 is 4.79 Å². The zero-order valence-corrected chi connectivity index (χ0v) is 12.3. The molecule has 0 atom stereocenters. The number of fused-ring (bicyclic) bond motifs is 2. The SMILES string of the molecule is O=C(Nc1cccc2cn[nH]c12)c1csc2c1CCCC2. The summed E-state index contributed by atoms with van der Waals surface area (Å²) in [5.74, 6) is -0.0171. The van der Waals surface area contributed by atoms with Gasteiger partial charge in [0.1, 0.15) is 0 Å². The van der Waals surface area contributed by atoms with Crippen molar-refractivity contribution in [3.8, 4) is 0 Å². The van der Waals surface area contributed by atoms with Crippen LogP contribution in [-0.2, 0) is 12.8 Å². The summed E-state index contributed by atoms with van der Waals surface area (Å²) in [7, 11) is 0. The lowest BCUT2D eigenvalue weighted by Gasteiger charge is -2.13. The minimum Gasteiger partial charge on any atom is -0.320 e. The molecule has 1 amide bonds. The van der Waals surface area contributed by atoms with Gasteiger partial charge >= 0.3 is 0 Å². The van der Waals surface area contributed by atoms with Gasteiger partial charge in [0.05, 0.1) is 23.0 Å². The third-order valence-electron chi connectivity index (χ3n) is 4.03. The van der Waals surface area contributed by atoms with Crippen molar-refractivity contribution in [1.29, 1.82) is 0 Å². The number of amides is 1. The number of aromatic amines is 1. The van der Waals surface area contributed by atoms with E-state index >= 15 is 0 Å². The molecule has 4 nitrogen and oxygen atoms in total. The molecule has 0 bridgehead atoms. The quantitative estimate of drug-likeness (QED) is 0.756.